The Bertz CT molecular complexity index is 2940. The van der Waals surface area contributed by atoms with Crippen LogP contribution in [0.5, 0.6) is 11.5 Å². The zero-order chi connectivity index (χ0) is 31.1. The molecule has 0 aliphatic carbocycles. The molecule has 6 heteroatoms. The van der Waals surface area contributed by atoms with Crippen LogP contribution < -0.4 is 21.1 Å². The largest absolute Gasteiger partial charge is 0.458 e. The Labute approximate surface area is 278 Å². The molecule has 0 N–H and O–H groups in total. The summed E-state index contributed by atoms with van der Waals surface area (Å²) in [7, 11) is 0. The molecule has 4 nitrogen and oxygen atoms in total. The lowest BCUT2D eigenvalue weighted by molar-refractivity contribution is 0.486. The fourth-order valence-corrected chi connectivity index (χ4v) is 9.58. The molecule has 0 saturated heterocycles. The minimum atomic E-state index is 0.115. The Morgan fingerprint density at radius 1 is 0.521 bits per heavy atom. The monoisotopic (exact) mass is 631 g/mol. The number of para-hydroxylation sites is 4. The van der Waals surface area contributed by atoms with Crippen molar-refractivity contribution in [1.82, 2.24) is 4.57 Å². The number of fused-ring (bicyclic) bond motifs is 16. The average molecular weight is 632 g/mol. The minimum Gasteiger partial charge on any atom is -0.458 e. The third-order valence-electron chi connectivity index (χ3n) is 10.3. The molecule has 2 aliphatic rings. The second-order valence-electron chi connectivity index (χ2n) is 12.7. The first-order chi connectivity index (χ1) is 23.8. The molecule has 0 saturated carbocycles. The maximum Gasteiger partial charge on any atom is 0.253 e. The summed E-state index contributed by atoms with van der Waals surface area (Å²) < 4.78 is 22.7. The summed E-state index contributed by atoms with van der Waals surface area (Å²) in [5.74, 6) is 1.81. The van der Waals surface area contributed by atoms with Crippen LogP contribution in [0.1, 0.15) is 0 Å². The summed E-state index contributed by atoms with van der Waals surface area (Å²) in [6.07, 6.45) is 0. The molecule has 0 unspecified atom stereocenters. The normalized spacial score (nSPS) is 13.5. The van der Waals surface area contributed by atoms with Crippen molar-refractivity contribution in [3.05, 3.63) is 133 Å². The second kappa shape index (κ2) is 8.94. The topological polar surface area (TPSA) is 40.4 Å². The van der Waals surface area contributed by atoms with Gasteiger partial charge in [-0.2, -0.15) is 0 Å². The van der Waals surface area contributed by atoms with E-state index in [0.717, 1.165) is 82.9 Å². The van der Waals surface area contributed by atoms with Gasteiger partial charge in [-0.25, -0.2) is 0 Å². The van der Waals surface area contributed by atoms with Gasteiger partial charge in [0.15, 0.2) is 0 Å². The number of nitrogens with zero attached hydrogens (tertiary/aromatic N) is 1. The average Bonchev–Trinajstić information content (AvgIpc) is 3.81. The molecule has 0 radical (unpaired) electrons. The summed E-state index contributed by atoms with van der Waals surface area (Å²) in [5.41, 5.74) is 10.4. The van der Waals surface area contributed by atoms with Gasteiger partial charge in [0.05, 0.1) is 32.9 Å². The maximum absolute atomic E-state index is 6.79. The van der Waals surface area contributed by atoms with Gasteiger partial charge in [-0.05, 0) is 47.3 Å². The van der Waals surface area contributed by atoms with Crippen LogP contribution >= 0.6 is 11.8 Å². The molecule has 7 aromatic carbocycles. The fourth-order valence-electron chi connectivity index (χ4n) is 8.39. The first-order valence-corrected chi connectivity index (χ1v) is 17.0. The second-order valence-corrected chi connectivity index (χ2v) is 13.8. The highest BCUT2D eigenvalue weighted by molar-refractivity contribution is 8.00. The summed E-state index contributed by atoms with van der Waals surface area (Å²) in [6.45, 7) is 0.115. The maximum atomic E-state index is 6.79. The Morgan fingerprint density at radius 3 is 1.96 bits per heavy atom. The smallest absolute Gasteiger partial charge is 0.253 e. The molecule has 12 rings (SSSR count). The van der Waals surface area contributed by atoms with Gasteiger partial charge < -0.3 is 18.1 Å². The summed E-state index contributed by atoms with van der Waals surface area (Å²) in [4.78, 5) is 2.49. The van der Waals surface area contributed by atoms with E-state index >= 15 is 0 Å². The Hall–Kier alpha value is -5.85. The van der Waals surface area contributed by atoms with E-state index in [1.54, 1.807) is 0 Å². The molecule has 0 amide bonds. The molecule has 222 valence electrons. The first-order valence-electron chi connectivity index (χ1n) is 16.2. The number of furan rings is 2. The van der Waals surface area contributed by atoms with E-state index in [1.807, 2.05) is 30.0 Å². The summed E-state index contributed by atoms with van der Waals surface area (Å²) in [5, 5.41) is 6.47. The van der Waals surface area contributed by atoms with Crippen molar-refractivity contribution in [3.63, 3.8) is 0 Å². The zero-order valence-electron chi connectivity index (χ0n) is 25.4. The van der Waals surface area contributed by atoms with E-state index in [1.165, 1.54) is 26.2 Å². The van der Waals surface area contributed by atoms with Crippen molar-refractivity contribution in [2.45, 2.75) is 9.79 Å². The first kappa shape index (κ1) is 25.3. The van der Waals surface area contributed by atoms with Crippen molar-refractivity contribution in [3.8, 4) is 17.2 Å². The van der Waals surface area contributed by atoms with E-state index in [4.69, 9.17) is 13.6 Å². The Morgan fingerprint density at radius 2 is 1.15 bits per heavy atom. The lowest BCUT2D eigenvalue weighted by Gasteiger charge is -2.33. The van der Waals surface area contributed by atoms with Gasteiger partial charge in [-0.3, -0.25) is 0 Å². The van der Waals surface area contributed by atoms with Crippen LogP contribution in [0.2, 0.25) is 0 Å². The number of benzene rings is 7. The zero-order valence-corrected chi connectivity index (χ0v) is 26.2. The van der Waals surface area contributed by atoms with Gasteiger partial charge in [0.25, 0.3) is 6.71 Å². The number of aromatic nitrogens is 1. The lowest BCUT2D eigenvalue weighted by atomic mass is 9.35. The highest BCUT2D eigenvalue weighted by Crippen LogP contribution is 2.49. The fraction of sp³-hybridized carbons (Fsp3) is 0. The highest BCUT2D eigenvalue weighted by atomic mass is 32.2. The molecule has 48 heavy (non-hydrogen) atoms. The van der Waals surface area contributed by atoms with Crippen LogP contribution in [-0.4, -0.2) is 11.3 Å². The van der Waals surface area contributed by atoms with E-state index in [2.05, 4.69) is 120 Å². The summed E-state index contributed by atoms with van der Waals surface area (Å²) in [6, 6.07) is 47.2. The molecule has 2 aliphatic heterocycles. The molecule has 5 heterocycles. The molecule has 0 atom stereocenters. The Balaban J connectivity index is 1.27. The number of hydrogen-bond donors (Lipinski definition) is 0. The molecule has 0 bridgehead atoms. The third-order valence-corrected chi connectivity index (χ3v) is 11.4. The molecule has 0 fully saturated rings. The quantitative estimate of drug-likeness (QED) is 0.169. The highest BCUT2D eigenvalue weighted by Gasteiger charge is 2.39. The van der Waals surface area contributed by atoms with Gasteiger partial charge in [-0.1, -0.05) is 108 Å². The van der Waals surface area contributed by atoms with Gasteiger partial charge >= 0.3 is 0 Å². The lowest BCUT2D eigenvalue weighted by Crippen LogP contribution is -2.57. The van der Waals surface area contributed by atoms with Crippen LogP contribution in [0.25, 0.3) is 71.4 Å². The van der Waals surface area contributed by atoms with Crippen molar-refractivity contribution in [2.75, 3.05) is 0 Å². The van der Waals surface area contributed by atoms with Crippen molar-refractivity contribution in [1.29, 1.82) is 0 Å². The van der Waals surface area contributed by atoms with E-state index in [9.17, 15) is 0 Å². The predicted octanol–water partition coefficient (Wildman–Crippen LogP) is 9.67. The van der Waals surface area contributed by atoms with Gasteiger partial charge in [-0.15, -0.1) is 0 Å². The van der Waals surface area contributed by atoms with E-state index in [0.29, 0.717) is 0 Å². The molecular formula is C42H22BNO3S. The van der Waals surface area contributed by atoms with Crippen molar-refractivity contribution >= 4 is 101 Å². The van der Waals surface area contributed by atoms with Gasteiger partial charge in [0.2, 0.25) is 0 Å². The third kappa shape index (κ3) is 3.09. The van der Waals surface area contributed by atoms with Crippen LogP contribution in [0.4, 0.5) is 0 Å². The minimum absolute atomic E-state index is 0.115. The van der Waals surface area contributed by atoms with Crippen molar-refractivity contribution < 1.29 is 13.6 Å². The number of ether oxygens (including phenoxy) is 1. The SMILES string of the molecule is c1ccc2c(c1)Oc1cc(-n3c4ccccc4c4c5oc6ccccc6c5c5oc6ccccc6c5c43)cc3c1B2c1ccccc1S3. The number of rotatable bonds is 1. The summed E-state index contributed by atoms with van der Waals surface area (Å²) >= 11 is 1.83. The Kier molecular flexibility index (Phi) is 4.71. The van der Waals surface area contributed by atoms with Gasteiger partial charge in [0, 0.05) is 32.0 Å². The standard InChI is InChI=1S/C42H22BNO3S/c1-6-16-29-24(11-1)36-40(37-25-12-2-7-17-30(25)46-42(37)38-26-13-3-8-18-31(26)47-41(36)38)44(29)23-21-33-39-35(22-23)48-34-20-10-5-15-28(34)43(39)27-14-4-9-19-32(27)45-33/h1-22H. The van der Waals surface area contributed by atoms with Crippen molar-refractivity contribution in [2.24, 2.45) is 0 Å². The molecule has 10 aromatic rings. The van der Waals surface area contributed by atoms with Crippen LogP contribution in [-0.2, 0) is 0 Å². The van der Waals surface area contributed by atoms with Crippen LogP contribution in [0.15, 0.2) is 152 Å². The van der Waals surface area contributed by atoms with Gasteiger partial charge in [0.1, 0.15) is 33.8 Å². The molecule has 0 spiro atoms. The van der Waals surface area contributed by atoms with E-state index in [-0.39, 0.29) is 6.71 Å². The van der Waals surface area contributed by atoms with Crippen LogP contribution in [0, 0.1) is 0 Å². The molecular weight excluding hydrogens is 609 g/mol. The number of hydrogen-bond acceptors (Lipinski definition) is 4. The van der Waals surface area contributed by atoms with E-state index < -0.39 is 0 Å². The molecule has 3 aromatic heterocycles. The predicted molar refractivity (Wildman–Crippen MR) is 197 cm³/mol. The van der Waals surface area contributed by atoms with Crippen LogP contribution in [0.3, 0.4) is 0 Å².